The van der Waals surface area contributed by atoms with Crippen molar-refractivity contribution in [1.29, 1.82) is 0 Å². The normalized spacial score (nSPS) is 28.0. The monoisotopic (exact) mass is 317 g/mol. The first kappa shape index (κ1) is 15.0. The number of ether oxygens (including phenoxy) is 1. The number of methoxy groups -OCH3 is 1. The predicted molar refractivity (Wildman–Crippen MR) is 91.2 cm³/mol. The van der Waals surface area contributed by atoms with Gasteiger partial charge in [-0.3, -0.25) is 0 Å². The van der Waals surface area contributed by atoms with Gasteiger partial charge >= 0.3 is 0 Å². The van der Waals surface area contributed by atoms with E-state index in [0.29, 0.717) is 12.1 Å². The van der Waals surface area contributed by atoms with Gasteiger partial charge in [-0.1, -0.05) is 12.8 Å². The second-order valence-electron chi connectivity index (χ2n) is 7.08. The van der Waals surface area contributed by atoms with Crippen molar-refractivity contribution in [2.24, 2.45) is 5.92 Å². The van der Waals surface area contributed by atoms with E-state index in [-0.39, 0.29) is 0 Å². The van der Waals surface area contributed by atoms with E-state index in [0.717, 1.165) is 43.1 Å². The molecule has 0 spiro atoms. The fourth-order valence-electron chi connectivity index (χ4n) is 4.27. The Morgan fingerprint density at radius 3 is 2.87 bits per heavy atom. The maximum absolute atomic E-state index is 5.52. The molecule has 1 aromatic rings. The Hall–Kier alpha value is -1.56. The van der Waals surface area contributed by atoms with Gasteiger partial charge in [0.05, 0.1) is 13.3 Å². The molecule has 3 heterocycles. The highest BCUT2D eigenvalue weighted by Crippen LogP contribution is 2.34. The Balaban J connectivity index is 1.53. The lowest BCUT2D eigenvalue weighted by Gasteiger charge is -2.24. The lowest BCUT2D eigenvalue weighted by atomic mass is 9.94. The van der Waals surface area contributed by atoms with Gasteiger partial charge in [0.1, 0.15) is 0 Å². The van der Waals surface area contributed by atoms with E-state index in [4.69, 9.17) is 9.72 Å². The van der Waals surface area contributed by atoms with Gasteiger partial charge in [0.15, 0.2) is 11.6 Å². The second-order valence-corrected chi connectivity index (χ2v) is 7.08. The maximum Gasteiger partial charge on any atom is 0.225 e. The zero-order valence-corrected chi connectivity index (χ0v) is 13.9. The molecule has 3 fully saturated rings. The van der Waals surface area contributed by atoms with Gasteiger partial charge < -0.3 is 20.3 Å². The molecule has 1 saturated carbocycles. The van der Waals surface area contributed by atoms with Crippen LogP contribution >= 0.6 is 0 Å². The molecule has 6 heteroatoms. The molecule has 2 atom stereocenters. The minimum atomic E-state index is 0.527. The lowest BCUT2D eigenvalue weighted by molar-refractivity contribution is 0.340. The number of aromatic nitrogens is 2. The molecular formula is C17H27N5O. The van der Waals surface area contributed by atoms with E-state index >= 15 is 0 Å². The van der Waals surface area contributed by atoms with Crippen LogP contribution in [0.3, 0.4) is 0 Å². The molecular weight excluding hydrogens is 290 g/mol. The molecule has 2 unspecified atom stereocenters. The van der Waals surface area contributed by atoms with Gasteiger partial charge in [-0.2, -0.15) is 4.98 Å². The van der Waals surface area contributed by atoms with Crippen molar-refractivity contribution in [3.05, 3.63) is 6.20 Å². The van der Waals surface area contributed by atoms with Crippen LogP contribution in [0.2, 0.25) is 0 Å². The van der Waals surface area contributed by atoms with E-state index in [1.807, 2.05) is 6.20 Å². The summed E-state index contributed by atoms with van der Waals surface area (Å²) in [6.07, 6.45) is 9.48. The van der Waals surface area contributed by atoms with Crippen molar-refractivity contribution in [3.8, 4) is 5.75 Å². The first-order valence-electron chi connectivity index (χ1n) is 8.99. The number of hydrogen-bond donors (Lipinski definition) is 2. The Bertz CT molecular complexity index is 532. The average Bonchev–Trinajstić information content (AvgIpc) is 3.23. The molecule has 0 aromatic carbocycles. The summed E-state index contributed by atoms with van der Waals surface area (Å²) in [6, 6.07) is 1.12. The molecule has 2 aliphatic heterocycles. The number of rotatable bonds is 4. The van der Waals surface area contributed by atoms with Crippen LogP contribution in [0, 0.1) is 5.92 Å². The third kappa shape index (κ3) is 3.09. The second kappa shape index (κ2) is 6.51. The van der Waals surface area contributed by atoms with Crippen molar-refractivity contribution in [2.45, 2.75) is 50.6 Å². The molecule has 3 aliphatic rings. The molecule has 126 valence electrons. The number of hydrogen-bond acceptors (Lipinski definition) is 6. The summed E-state index contributed by atoms with van der Waals surface area (Å²) in [5.41, 5.74) is 0. The predicted octanol–water partition coefficient (Wildman–Crippen LogP) is 2.03. The molecule has 2 N–H and O–H groups in total. The third-order valence-corrected chi connectivity index (χ3v) is 5.54. The smallest absolute Gasteiger partial charge is 0.225 e. The highest BCUT2D eigenvalue weighted by Gasteiger charge is 2.36. The Morgan fingerprint density at radius 1 is 1.22 bits per heavy atom. The van der Waals surface area contributed by atoms with Gasteiger partial charge in [0, 0.05) is 25.2 Å². The van der Waals surface area contributed by atoms with Gasteiger partial charge in [0.25, 0.3) is 0 Å². The Labute approximate surface area is 138 Å². The minimum Gasteiger partial charge on any atom is -0.491 e. The van der Waals surface area contributed by atoms with Gasteiger partial charge in [0.2, 0.25) is 5.95 Å². The molecule has 0 amide bonds. The molecule has 0 radical (unpaired) electrons. The highest BCUT2D eigenvalue weighted by molar-refractivity contribution is 5.55. The zero-order chi connectivity index (χ0) is 15.6. The fraction of sp³-hybridized carbons (Fsp3) is 0.765. The topological polar surface area (TPSA) is 62.3 Å². The van der Waals surface area contributed by atoms with Crippen LogP contribution < -0.4 is 20.3 Å². The van der Waals surface area contributed by atoms with Crippen LogP contribution in [-0.2, 0) is 0 Å². The van der Waals surface area contributed by atoms with Crippen molar-refractivity contribution >= 4 is 11.8 Å². The maximum atomic E-state index is 5.52. The first-order valence-corrected chi connectivity index (χ1v) is 8.99. The Kier molecular flexibility index (Phi) is 4.25. The van der Waals surface area contributed by atoms with Crippen molar-refractivity contribution in [1.82, 2.24) is 15.3 Å². The molecule has 4 rings (SSSR count). The van der Waals surface area contributed by atoms with E-state index < -0.39 is 0 Å². The summed E-state index contributed by atoms with van der Waals surface area (Å²) in [7, 11) is 1.70. The third-order valence-electron chi connectivity index (χ3n) is 5.54. The van der Waals surface area contributed by atoms with Crippen molar-refractivity contribution < 1.29 is 4.74 Å². The van der Waals surface area contributed by atoms with Crippen LogP contribution in [0.5, 0.6) is 5.75 Å². The van der Waals surface area contributed by atoms with Gasteiger partial charge in [-0.05, 0) is 38.1 Å². The van der Waals surface area contributed by atoms with Crippen LogP contribution in [-0.4, -0.2) is 48.8 Å². The molecule has 6 nitrogen and oxygen atoms in total. The van der Waals surface area contributed by atoms with E-state index in [2.05, 4.69) is 20.5 Å². The largest absolute Gasteiger partial charge is 0.491 e. The van der Waals surface area contributed by atoms with E-state index in [9.17, 15) is 0 Å². The highest BCUT2D eigenvalue weighted by atomic mass is 16.5. The SMILES string of the molecule is COc1cnc(NC2CCCC2)nc1N1CC2CCCNC2C1. The van der Waals surface area contributed by atoms with Crippen molar-refractivity contribution in [3.63, 3.8) is 0 Å². The number of nitrogens with one attached hydrogen (secondary N) is 2. The van der Waals surface area contributed by atoms with E-state index in [1.54, 1.807) is 7.11 Å². The average molecular weight is 317 g/mol. The summed E-state index contributed by atoms with van der Waals surface area (Å²) in [6.45, 7) is 3.22. The number of fused-ring (bicyclic) bond motifs is 1. The fourth-order valence-corrected chi connectivity index (χ4v) is 4.27. The summed E-state index contributed by atoms with van der Waals surface area (Å²) < 4.78 is 5.52. The Morgan fingerprint density at radius 2 is 2.09 bits per heavy atom. The number of piperidine rings is 1. The molecule has 23 heavy (non-hydrogen) atoms. The molecule has 0 bridgehead atoms. The van der Waals surface area contributed by atoms with Gasteiger partial charge in [-0.15, -0.1) is 0 Å². The lowest BCUT2D eigenvalue weighted by Crippen LogP contribution is -2.40. The van der Waals surface area contributed by atoms with Crippen LogP contribution in [0.4, 0.5) is 11.8 Å². The summed E-state index contributed by atoms with van der Waals surface area (Å²) >= 11 is 0. The molecule has 2 saturated heterocycles. The molecule has 1 aliphatic carbocycles. The quantitative estimate of drug-likeness (QED) is 0.886. The summed E-state index contributed by atoms with van der Waals surface area (Å²) in [5.74, 6) is 3.20. The number of nitrogens with zero attached hydrogens (tertiary/aromatic N) is 3. The standard InChI is InChI=1S/C17H27N5O/c1-23-15-9-19-17(20-13-6-2-3-7-13)21-16(15)22-10-12-5-4-8-18-14(12)11-22/h9,12-14,18H,2-8,10-11H2,1H3,(H,19,20,21). The van der Waals surface area contributed by atoms with Crippen LogP contribution in [0.15, 0.2) is 6.20 Å². The van der Waals surface area contributed by atoms with Crippen LogP contribution in [0.1, 0.15) is 38.5 Å². The molecule has 1 aromatic heterocycles. The van der Waals surface area contributed by atoms with Crippen LogP contribution in [0.25, 0.3) is 0 Å². The zero-order valence-electron chi connectivity index (χ0n) is 13.9. The van der Waals surface area contributed by atoms with E-state index in [1.165, 1.54) is 38.5 Å². The summed E-state index contributed by atoms with van der Waals surface area (Å²) in [5, 5.41) is 7.15. The number of anilines is 2. The van der Waals surface area contributed by atoms with Crippen molar-refractivity contribution in [2.75, 3.05) is 37.0 Å². The minimum absolute atomic E-state index is 0.527. The first-order chi connectivity index (χ1) is 11.3. The van der Waals surface area contributed by atoms with Gasteiger partial charge in [-0.25, -0.2) is 4.98 Å². The summed E-state index contributed by atoms with van der Waals surface area (Å²) in [4.78, 5) is 11.6.